The van der Waals surface area contributed by atoms with Crippen LogP contribution in [-0.4, -0.2) is 12.9 Å². The van der Waals surface area contributed by atoms with Crippen LogP contribution < -0.4 is 4.74 Å². The number of ether oxygens (including phenoxy) is 1. The van der Waals surface area contributed by atoms with Gasteiger partial charge in [-0.2, -0.15) is 0 Å². The quantitative estimate of drug-likeness (QED) is 0.768. The van der Waals surface area contributed by atoms with Crippen LogP contribution in [0.3, 0.4) is 0 Å². The van der Waals surface area contributed by atoms with Crippen molar-refractivity contribution < 1.29 is 13.9 Å². The first-order valence-corrected chi connectivity index (χ1v) is 6.59. The van der Waals surface area contributed by atoms with Crippen LogP contribution in [0.15, 0.2) is 42.5 Å². The second-order valence-corrected chi connectivity index (χ2v) is 4.84. The van der Waals surface area contributed by atoms with E-state index < -0.39 is 5.82 Å². The first-order valence-electron chi connectivity index (χ1n) is 6.21. The van der Waals surface area contributed by atoms with E-state index in [1.165, 1.54) is 19.2 Å². The number of ketones is 1. The van der Waals surface area contributed by atoms with Crippen molar-refractivity contribution >= 4 is 17.4 Å². The molecule has 2 aromatic carbocycles. The van der Waals surface area contributed by atoms with Crippen LogP contribution >= 0.6 is 11.6 Å². The third-order valence-electron chi connectivity index (χ3n) is 2.97. The minimum atomic E-state index is -0.391. The fraction of sp³-hybridized carbons (Fsp3) is 0.188. The first-order chi connectivity index (χ1) is 9.60. The summed E-state index contributed by atoms with van der Waals surface area (Å²) in [6.45, 7) is 0. The van der Waals surface area contributed by atoms with Gasteiger partial charge in [0, 0.05) is 11.4 Å². The van der Waals surface area contributed by atoms with Crippen molar-refractivity contribution in [1.29, 1.82) is 0 Å². The van der Waals surface area contributed by atoms with Gasteiger partial charge in [0.25, 0.3) is 0 Å². The number of rotatable bonds is 5. The zero-order valence-electron chi connectivity index (χ0n) is 11.0. The summed E-state index contributed by atoms with van der Waals surface area (Å²) in [6, 6.07) is 11.4. The predicted octanol–water partition coefficient (Wildman–Crippen LogP) is 4.30. The van der Waals surface area contributed by atoms with Gasteiger partial charge in [0.05, 0.1) is 12.7 Å². The van der Waals surface area contributed by atoms with Gasteiger partial charge in [-0.1, -0.05) is 23.7 Å². The molecule has 0 atom stereocenters. The molecule has 0 saturated heterocycles. The molecule has 0 unspecified atom stereocenters. The molecular weight excluding hydrogens is 279 g/mol. The maximum absolute atomic E-state index is 13.2. The van der Waals surface area contributed by atoms with Crippen molar-refractivity contribution in [2.24, 2.45) is 0 Å². The average Bonchev–Trinajstić information content (AvgIpc) is 2.43. The maximum atomic E-state index is 13.2. The van der Waals surface area contributed by atoms with Crippen LogP contribution in [0.4, 0.5) is 4.39 Å². The molecule has 104 valence electrons. The number of carbonyl (C=O) groups is 1. The van der Waals surface area contributed by atoms with Gasteiger partial charge in [-0.25, -0.2) is 4.39 Å². The molecule has 2 nitrogen and oxygen atoms in total. The lowest BCUT2D eigenvalue weighted by Crippen LogP contribution is -2.03. The Balaban J connectivity index is 2.08. The Hall–Kier alpha value is -1.87. The maximum Gasteiger partial charge on any atom is 0.166 e. The summed E-state index contributed by atoms with van der Waals surface area (Å²) in [6.07, 6.45) is 0.717. The lowest BCUT2D eigenvalue weighted by atomic mass is 10.0. The molecule has 2 aromatic rings. The Kier molecular flexibility index (Phi) is 4.74. The van der Waals surface area contributed by atoms with Gasteiger partial charge in [0.2, 0.25) is 0 Å². The van der Waals surface area contributed by atoms with Gasteiger partial charge in [0.15, 0.2) is 5.78 Å². The molecule has 0 aliphatic rings. The Morgan fingerprint density at radius 3 is 2.70 bits per heavy atom. The summed E-state index contributed by atoms with van der Waals surface area (Å²) in [4.78, 5) is 12.2. The molecule has 20 heavy (non-hydrogen) atoms. The van der Waals surface area contributed by atoms with E-state index in [0.29, 0.717) is 28.3 Å². The molecule has 0 heterocycles. The standard InChI is InChI=1S/C16H14ClFO2/c1-20-16-5-3-2-4-14(16)15(19)7-6-11-8-12(17)10-13(18)9-11/h2-5,8-10H,6-7H2,1H3. The van der Waals surface area contributed by atoms with Crippen molar-refractivity contribution in [3.63, 3.8) is 0 Å². The highest BCUT2D eigenvalue weighted by Crippen LogP contribution is 2.21. The van der Waals surface area contributed by atoms with Crippen LogP contribution in [0.1, 0.15) is 22.3 Å². The molecule has 0 aromatic heterocycles. The molecule has 0 bridgehead atoms. The summed E-state index contributed by atoms with van der Waals surface area (Å²) >= 11 is 5.79. The van der Waals surface area contributed by atoms with Crippen LogP contribution in [-0.2, 0) is 6.42 Å². The second-order valence-electron chi connectivity index (χ2n) is 4.40. The number of Topliss-reactive ketones (excluding diaryl/α,β-unsaturated/α-hetero) is 1. The normalized spacial score (nSPS) is 10.3. The molecular formula is C16H14ClFO2. The molecule has 0 fully saturated rings. The number of halogens is 2. The van der Waals surface area contributed by atoms with Crippen LogP contribution in [0.5, 0.6) is 5.75 Å². The van der Waals surface area contributed by atoms with Gasteiger partial charge < -0.3 is 4.74 Å². The lowest BCUT2D eigenvalue weighted by molar-refractivity contribution is 0.0980. The summed E-state index contributed by atoms with van der Waals surface area (Å²) in [5.74, 6) is 0.120. The second kappa shape index (κ2) is 6.53. The topological polar surface area (TPSA) is 26.3 Å². The van der Waals surface area contributed by atoms with Crippen molar-refractivity contribution in [2.75, 3.05) is 7.11 Å². The van der Waals surface area contributed by atoms with E-state index in [0.717, 1.165) is 0 Å². The third kappa shape index (κ3) is 3.58. The largest absolute Gasteiger partial charge is 0.496 e. The van der Waals surface area contributed by atoms with E-state index in [-0.39, 0.29) is 12.2 Å². The van der Waals surface area contributed by atoms with Gasteiger partial charge >= 0.3 is 0 Å². The van der Waals surface area contributed by atoms with Crippen LogP contribution in [0.2, 0.25) is 5.02 Å². The van der Waals surface area contributed by atoms with E-state index in [1.54, 1.807) is 24.3 Å². The molecule has 0 N–H and O–H groups in total. The molecule has 0 aliphatic carbocycles. The summed E-state index contributed by atoms with van der Waals surface area (Å²) in [5, 5.41) is 0.338. The minimum Gasteiger partial charge on any atom is -0.496 e. The zero-order valence-corrected chi connectivity index (χ0v) is 11.8. The molecule has 0 spiro atoms. The molecule has 0 amide bonds. The predicted molar refractivity (Wildman–Crippen MR) is 77.1 cm³/mol. The van der Waals surface area contributed by atoms with Crippen molar-refractivity contribution in [3.05, 3.63) is 64.4 Å². The first kappa shape index (κ1) is 14.5. The van der Waals surface area contributed by atoms with E-state index >= 15 is 0 Å². The molecule has 4 heteroatoms. The SMILES string of the molecule is COc1ccccc1C(=O)CCc1cc(F)cc(Cl)c1. The molecule has 0 radical (unpaired) electrons. The van der Waals surface area contributed by atoms with Gasteiger partial charge in [-0.3, -0.25) is 4.79 Å². The van der Waals surface area contributed by atoms with E-state index in [2.05, 4.69) is 0 Å². The van der Waals surface area contributed by atoms with Gasteiger partial charge in [-0.05, 0) is 42.3 Å². The Morgan fingerprint density at radius 1 is 1.25 bits per heavy atom. The number of hydrogen-bond acceptors (Lipinski definition) is 2. The van der Waals surface area contributed by atoms with E-state index in [9.17, 15) is 9.18 Å². The zero-order chi connectivity index (χ0) is 14.5. The van der Waals surface area contributed by atoms with Crippen molar-refractivity contribution in [1.82, 2.24) is 0 Å². The highest BCUT2D eigenvalue weighted by molar-refractivity contribution is 6.30. The average molecular weight is 293 g/mol. The summed E-state index contributed by atoms with van der Waals surface area (Å²) < 4.78 is 18.4. The highest BCUT2D eigenvalue weighted by Gasteiger charge is 2.11. The fourth-order valence-corrected chi connectivity index (χ4v) is 2.27. The lowest BCUT2D eigenvalue weighted by Gasteiger charge is -2.07. The van der Waals surface area contributed by atoms with Crippen LogP contribution in [0, 0.1) is 5.82 Å². The number of benzene rings is 2. The Bertz CT molecular complexity index is 605. The minimum absolute atomic E-state index is 0.0390. The number of carbonyl (C=O) groups excluding carboxylic acids is 1. The Morgan fingerprint density at radius 2 is 2.00 bits per heavy atom. The molecule has 2 rings (SSSR count). The van der Waals surface area contributed by atoms with Crippen LogP contribution in [0.25, 0.3) is 0 Å². The number of aryl methyl sites for hydroxylation is 1. The molecule has 0 saturated carbocycles. The number of para-hydroxylation sites is 1. The Labute approximate surface area is 122 Å². The van der Waals surface area contributed by atoms with E-state index in [1.807, 2.05) is 6.07 Å². The number of methoxy groups -OCH3 is 1. The van der Waals surface area contributed by atoms with Crippen molar-refractivity contribution in [2.45, 2.75) is 12.8 Å². The monoisotopic (exact) mass is 292 g/mol. The van der Waals surface area contributed by atoms with Crippen molar-refractivity contribution in [3.8, 4) is 5.75 Å². The summed E-state index contributed by atoms with van der Waals surface area (Å²) in [5.41, 5.74) is 1.25. The number of hydrogen-bond donors (Lipinski definition) is 0. The third-order valence-corrected chi connectivity index (χ3v) is 3.19. The van der Waals surface area contributed by atoms with Gasteiger partial charge in [0.1, 0.15) is 11.6 Å². The smallest absolute Gasteiger partial charge is 0.166 e. The van der Waals surface area contributed by atoms with Gasteiger partial charge in [-0.15, -0.1) is 0 Å². The van der Waals surface area contributed by atoms with E-state index in [4.69, 9.17) is 16.3 Å². The highest BCUT2D eigenvalue weighted by atomic mass is 35.5. The summed E-state index contributed by atoms with van der Waals surface area (Å²) in [7, 11) is 1.53. The molecule has 0 aliphatic heterocycles. The fourth-order valence-electron chi connectivity index (χ4n) is 2.02.